The fourth-order valence-corrected chi connectivity index (χ4v) is 2.59. The van der Waals surface area contributed by atoms with Crippen molar-refractivity contribution in [3.8, 4) is 17.2 Å². The van der Waals surface area contributed by atoms with Gasteiger partial charge in [0.05, 0.1) is 26.2 Å². The van der Waals surface area contributed by atoms with Crippen LogP contribution < -0.4 is 14.2 Å². The van der Waals surface area contributed by atoms with Crippen molar-refractivity contribution >= 4 is 11.8 Å². The van der Waals surface area contributed by atoms with E-state index in [1.165, 1.54) is 0 Å². The normalized spacial score (nSPS) is 10.1. The molecule has 0 N–H and O–H groups in total. The topological polar surface area (TPSA) is 27.7 Å². The van der Waals surface area contributed by atoms with Crippen molar-refractivity contribution in [2.24, 2.45) is 0 Å². The average molecular weight is 276 g/mol. The SMILES string of the molecule is COc1ccc(Sc2cc(OC)ccc2OC)cc1. The maximum absolute atomic E-state index is 5.36. The molecule has 0 aromatic heterocycles. The van der Waals surface area contributed by atoms with Gasteiger partial charge in [-0.3, -0.25) is 0 Å². The molecular formula is C15H16O3S. The lowest BCUT2D eigenvalue weighted by Crippen LogP contribution is -1.89. The fourth-order valence-electron chi connectivity index (χ4n) is 1.63. The molecule has 0 aliphatic rings. The van der Waals surface area contributed by atoms with E-state index in [0.29, 0.717) is 0 Å². The van der Waals surface area contributed by atoms with Crippen LogP contribution in [-0.2, 0) is 0 Å². The second kappa shape index (κ2) is 6.38. The molecule has 0 atom stereocenters. The third kappa shape index (κ3) is 3.35. The minimum atomic E-state index is 0.816. The first-order valence-corrected chi connectivity index (χ1v) is 6.62. The van der Waals surface area contributed by atoms with Crippen molar-refractivity contribution in [2.75, 3.05) is 21.3 Å². The van der Waals surface area contributed by atoms with Gasteiger partial charge in [0.2, 0.25) is 0 Å². The number of benzene rings is 2. The van der Waals surface area contributed by atoms with Crippen LogP contribution >= 0.6 is 11.8 Å². The van der Waals surface area contributed by atoms with E-state index in [2.05, 4.69) is 0 Å². The molecule has 0 radical (unpaired) electrons. The molecule has 0 saturated heterocycles. The van der Waals surface area contributed by atoms with E-state index in [-0.39, 0.29) is 0 Å². The number of ether oxygens (including phenoxy) is 3. The molecule has 0 spiro atoms. The summed E-state index contributed by atoms with van der Waals surface area (Å²) in [6.07, 6.45) is 0. The van der Waals surface area contributed by atoms with Gasteiger partial charge in [-0.2, -0.15) is 0 Å². The summed E-state index contributed by atoms with van der Waals surface area (Å²) in [6.45, 7) is 0. The van der Waals surface area contributed by atoms with Crippen LogP contribution in [0.1, 0.15) is 0 Å². The van der Waals surface area contributed by atoms with Crippen molar-refractivity contribution in [2.45, 2.75) is 9.79 Å². The molecule has 0 aliphatic carbocycles. The monoisotopic (exact) mass is 276 g/mol. The Morgan fingerprint density at radius 2 is 1.37 bits per heavy atom. The largest absolute Gasteiger partial charge is 0.497 e. The average Bonchev–Trinajstić information content (AvgIpc) is 2.48. The van der Waals surface area contributed by atoms with Gasteiger partial charge in [-0.15, -0.1) is 0 Å². The van der Waals surface area contributed by atoms with Crippen molar-refractivity contribution in [1.82, 2.24) is 0 Å². The summed E-state index contributed by atoms with van der Waals surface area (Å²) in [7, 11) is 4.98. The Hall–Kier alpha value is -1.81. The summed E-state index contributed by atoms with van der Waals surface area (Å²) in [6, 6.07) is 13.7. The smallest absolute Gasteiger partial charge is 0.133 e. The summed E-state index contributed by atoms with van der Waals surface area (Å²) < 4.78 is 15.7. The van der Waals surface area contributed by atoms with Crippen LogP contribution in [0.25, 0.3) is 0 Å². The molecule has 0 saturated carbocycles. The molecule has 2 aromatic carbocycles. The van der Waals surface area contributed by atoms with Gasteiger partial charge in [-0.1, -0.05) is 11.8 Å². The summed E-state index contributed by atoms with van der Waals surface area (Å²) in [5.74, 6) is 2.50. The standard InChI is InChI=1S/C15H16O3S/c1-16-11-4-7-13(8-5-11)19-15-10-12(17-2)6-9-14(15)18-3/h4-10H,1-3H3. The van der Waals surface area contributed by atoms with Crippen molar-refractivity contribution in [1.29, 1.82) is 0 Å². The Kier molecular flexibility index (Phi) is 4.58. The molecule has 0 unspecified atom stereocenters. The van der Waals surface area contributed by atoms with Crippen LogP contribution in [0.4, 0.5) is 0 Å². The molecule has 100 valence electrons. The number of hydrogen-bond acceptors (Lipinski definition) is 4. The van der Waals surface area contributed by atoms with Crippen LogP contribution in [0.2, 0.25) is 0 Å². The van der Waals surface area contributed by atoms with Crippen LogP contribution in [0, 0.1) is 0 Å². The molecule has 3 nitrogen and oxygen atoms in total. The Morgan fingerprint density at radius 3 is 1.95 bits per heavy atom. The van der Waals surface area contributed by atoms with E-state index in [4.69, 9.17) is 14.2 Å². The highest BCUT2D eigenvalue weighted by Gasteiger charge is 2.07. The van der Waals surface area contributed by atoms with Gasteiger partial charge in [0.25, 0.3) is 0 Å². The third-order valence-corrected chi connectivity index (χ3v) is 3.70. The summed E-state index contributed by atoms with van der Waals surface area (Å²) in [5.41, 5.74) is 0. The highest BCUT2D eigenvalue weighted by molar-refractivity contribution is 7.99. The first-order valence-electron chi connectivity index (χ1n) is 5.80. The lowest BCUT2D eigenvalue weighted by atomic mass is 10.3. The summed E-state index contributed by atoms with van der Waals surface area (Å²) >= 11 is 1.63. The molecule has 0 heterocycles. The zero-order valence-corrected chi connectivity index (χ0v) is 12.0. The first kappa shape index (κ1) is 13.6. The molecule has 0 amide bonds. The van der Waals surface area contributed by atoms with Gasteiger partial charge >= 0.3 is 0 Å². The molecule has 19 heavy (non-hydrogen) atoms. The van der Waals surface area contributed by atoms with Crippen molar-refractivity contribution in [3.63, 3.8) is 0 Å². The third-order valence-electron chi connectivity index (χ3n) is 2.66. The van der Waals surface area contributed by atoms with Gasteiger partial charge < -0.3 is 14.2 Å². The fraction of sp³-hybridized carbons (Fsp3) is 0.200. The van der Waals surface area contributed by atoms with Crippen LogP contribution in [0.5, 0.6) is 17.2 Å². The van der Waals surface area contributed by atoms with Crippen LogP contribution in [0.15, 0.2) is 52.3 Å². The minimum absolute atomic E-state index is 0.816. The Bertz CT molecular complexity index is 538. The summed E-state index contributed by atoms with van der Waals surface area (Å²) in [5, 5.41) is 0. The minimum Gasteiger partial charge on any atom is -0.497 e. The molecular weight excluding hydrogens is 260 g/mol. The van der Waals surface area contributed by atoms with E-state index >= 15 is 0 Å². The molecule has 2 aromatic rings. The number of rotatable bonds is 5. The van der Waals surface area contributed by atoms with Gasteiger partial charge in [0, 0.05) is 4.90 Å². The first-order chi connectivity index (χ1) is 9.26. The van der Waals surface area contributed by atoms with Gasteiger partial charge in [0.15, 0.2) is 0 Å². The lowest BCUT2D eigenvalue weighted by Gasteiger charge is -2.10. The molecule has 0 bridgehead atoms. The Morgan fingerprint density at radius 1 is 0.737 bits per heavy atom. The number of methoxy groups -OCH3 is 3. The summed E-state index contributed by atoms with van der Waals surface area (Å²) in [4.78, 5) is 2.14. The van der Waals surface area contributed by atoms with Gasteiger partial charge in [-0.25, -0.2) is 0 Å². The van der Waals surface area contributed by atoms with E-state index in [9.17, 15) is 0 Å². The van der Waals surface area contributed by atoms with Gasteiger partial charge in [0.1, 0.15) is 17.2 Å². The highest BCUT2D eigenvalue weighted by atomic mass is 32.2. The maximum atomic E-state index is 5.36. The molecule has 4 heteroatoms. The van der Waals surface area contributed by atoms with Crippen LogP contribution in [-0.4, -0.2) is 21.3 Å². The predicted octanol–water partition coefficient (Wildman–Crippen LogP) is 3.86. The molecule has 0 fully saturated rings. The van der Waals surface area contributed by atoms with Crippen molar-refractivity contribution < 1.29 is 14.2 Å². The molecule has 0 aliphatic heterocycles. The quantitative estimate of drug-likeness (QED) is 0.828. The second-order valence-electron chi connectivity index (χ2n) is 3.79. The number of hydrogen-bond donors (Lipinski definition) is 0. The van der Waals surface area contributed by atoms with Crippen molar-refractivity contribution in [3.05, 3.63) is 42.5 Å². The molecule has 2 rings (SSSR count). The predicted molar refractivity (Wildman–Crippen MR) is 76.7 cm³/mol. The zero-order valence-electron chi connectivity index (χ0n) is 11.2. The van der Waals surface area contributed by atoms with E-state index in [1.54, 1.807) is 33.1 Å². The van der Waals surface area contributed by atoms with E-state index in [0.717, 1.165) is 27.0 Å². The Labute approximate surface area is 117 Å². The Balaban J connectivity index is 2.25. The highest BCUT2D eigenvalue weighted by Crippen LogP contribution is 2.37. The van der Waals surface area contributed by atoms with Crippen LogP contribution in [0.3, 0.4) is 0 Å². The lowest BCUT2D eigenvalue weighted by molar-refractivity contribution is 0.394. The second-order valence-corrected chi connectivity index (χ2v) is 4.91. The van der Waals surface area contributed by atoms with E-state index in [1.807, 2.05) is 42.5 Å². The van der Waals surface area contributed by atoms with Gasteiger partial charge in [-0.05, 0) is 42.5 Å². The maximum Gasteiger partial charge on any atom is 0.133 e. The van der Waals surface area contributed by atoms with E-state index < -0.39 is 0 Å². The zero-order chi connectivity index (χ0) is 13.7.